The highest BCUT2D eigenvalue weighted by Gasteiger charge is 2.53. The maximum atomic E-state index is 11.5. The predicted octanol–water partition coefficient (Wildman–Crippen LogP) is 2.24. The molecule has 3 N–H and O–H groups in total. The Kier molecular flexibility index (Phi) is 8.14. The first-order valence-corrected chi connectivity index (χ1v) is 8.97. The third kappa shape index (κ3) is 5.32. The second kappa shape index (κ2) is 9.59. The van der Waals surface area contributed by atoms with Crippen molar-refractivity contribution in [3.8, 4) is 0 Å². The van der Waals surface area contributed by atoms with E-state index >= 15 is 0 Å². The molecule has 1 aromatic rings. The fourth-order valence-electron chi connectivity index (χ4n) is 1.93. The molecule has 0 fully saturated rings. The molecular weight excluding hydrogens is 416 g/mol. The van der Waals surface area contributed by atoms with Gasteiger partial charge in [-0.05, 0) is 18.6 Å². The van der Waals surface area contributed by atoms with Crippen LogP contribution in [0.15, 0.2) is 40.9 Å². The molecule has 25 heavy (non-hydrogen) atoms. The number of aliphatic hydroxyl groups is 1. The normalized spacial score (nSPS) is 12.8. The fraction of sp³-hybridized carbons (Fsp3) is 0.312. The van der Waals surface area contributed by atoms with Gasteiger partial charge in [-0.1, -0.05) is 40.2 Å². The predicted molar refractivity (Wildman–Crippen MR) is 95.3 cm³/mol. The second-order valence-corrected chi connectivity index (χ2v) is 6.76. The summed E-state index contributed by atoms with van der Waals surface area (Å²) in [5.74, 6) is -4.22. The number of ether oxygens (including phenoxy) is 1. The van der Waals surface area contributed by atoms with Gasteiger partial charge >= 0.3 is 17.9 Å². The highest BCUT2D eigenvalue weighted by atomic mass is 79.9. The molecule has 0 bridgehead atoms. The van der Waals surface area contributed by atoms with Gasteiger partial charge in [-0.2, -0.15) is 0 Å². The zero-order valence-corrected chi connectivity index (χ0v) is 15.6. The Labute approximate surface area is 156 Å². The third-order valence-electron chi connectivity index (χ3n) is 3.12. The quantitative estimate of drug-likeness (QED) is 0.308. The standard InChI is InChI=1S/C16H17BrO7S/c1-2-24-12(18)8-5-9-25-13(10-6-3-4-7-11(10)17)16(23,14(19)20)15(21)22/h3-8,13,23H,2,9H2,1H3,(H,19,20)(H,21,22)/b8-5+. The van der Waals surface area contributed by atoms with Crippen LogP contribution in [0.4, 0.5) is 0 Å². The van der Waals surface area contributed by atoms with Gasteiger partial charge in [0.2, 0.25) is 0 Å². The maximum Gasteiger partial charge on any atom is 0.349 e. The van der Waals surface area contributed by atoms with E-state index in [2.05, 4.69) is 15.9 Å². The van der Waals surface area contributed by atoms with Crippen LogP contribution in [-0.4, -0.2) is 51.2 Å². The average molecular weight is 433 g/mol. The molecule has 0 aliphatic heterocycles. The molecule has 0 radical (unpaired) electrons. The zero-order valence-electron chi connectivity index (χ0n) is 13.2. The van der Waals surface area contributed by atoms with Gasteiger partial charge in [-0.15, -0.1) is 11.8 Å². The van der Waals surface area contributed by atoms with Crippen LogP contribution in [0.25, 0.3) is 0 Å². The zero-order chi connectivity index (χ0) is 19.0. The summed E-state index contributed by atoms with van der Waals surface area (Å²) in [6.45, 7) is 1.87. The van der Waals surface area contributed by atoms with Crippen molar-refractivity contribution >= 4 is 45.6 Å². The maximum absolute atomic E-state index is 11.5. The molecular formula is C16H17BrO7S. The van der Waals surface area contributed by atoms with Gasteiger partial charge in [-0.3, -0.25) is 0 Å². The molecule has 1 aromatic carbocycles. The minimum atomic E-state index is -3.04. The first-order valence-electron chi connectivity index (χ1n) is 7.13. The van der Waals surface area contributed by atoms with Crippen LogP contribution < -0.4 is 0 Å². The number of hydrogen-bond acceptors (Lipinski definition) is 6. The summed E-state index contributed by atoms with van der Waals surface area (Å²) in [6, 6.07) is 6.41. The lowest BCUT2D eigenvalue weighted by Gasteiger charge is -2.29. The van der Waals surface area contributed by atoms with Gasteiger partial charge in [-0.25, -0.2) is 14.4 Å². The number of benzene rings is 1. The van der Waals surface area contributed by atoms with Crippen molar-refractivity contribution < 1.29 is 34.4 Å². The van der Waals surface area contributed by atoms with Crippen molar-refractivity contribution in [2.75, 3.05) is 12.4 Å². The van der Waals surface area contributed by atoms with Crippen LogP contribution in [0.5, 0.6) is 0 Å². The molecule has 0 amide bonds. The SMILES string of the molecule is CCOC(=O)/C=C/CSC(c1ccccc1Br)C(O)(C(=O)O)C(=O)O. The summed E-state index contributed by atoms with van der Waals surface area (Å²) < 4.78 is 5.18. The first-order chi connectivity index (χ1) is 11.7. The lowest BCUT2D eigenvalue weighted by Crippen LogP contribution is -2.50. The number of aliphatic carboxylic acids is 2. The summed E-state index contributed by atoms with van der Waals surface area (Å²) in [4.78, 5) is 34.2. The molecule has 0 aliphatic rings. The molecule has 1 atom stereocenters. The number of rotatable bonds is 9. The summed E-state index contributed by atoms with van der Waals surface area (Å²) in [5.41, 5.74) is -2.73. The Morgan fingerprint density at radius 1 is 1.28 bits per heavy atom. The number of carboxylic acid groups (broad SMARTS) is 2. The number of carbonyl (C=O) groups is 3. The Hall–Kier alpha value is -1.84. The van der Waals surface area contributed by atoms with Crippen LogP contribution in [0.2, 0.25) is 0 Å². The number of carbonyl (C=O) groups excluding carboxylic acids is 1. The molecule has 0 aromatic heterocycles. The van der Waals surface area contributed by atoms with E-state index in [1.807, 2.05) is 0 Å². The molecule has 7 nitrogen and oxygen atoms in total. The van der Waals surface area contributed by atoms with Gasteiger partial charge in [0.15, 0.2) is 0 Å². The largest absolute Gasteiger partial charge is 0.479 e. The van der Waals surface area contributed by atoms with Gasteiger partial charge in [0.05, 0.1) is 11.9 Å². The van der Waals surface area contributed by atoms with Crippen molar-refractivity contribution in [1.82, 2.24) is 0 Å². The van der Waals surface area contributed by atoms with Crippen LogP contribution in [0.3, 0.4) is 0 Å². The molecule has 1 unspecified atom stereocenters. The van der Waals surface area contributed by atoms with Gasteiger partial charge in [0.25, 0.3) is 5.60 Å². The first kappa shape index (κ1) is 21.2. The molecule has 0 saturated heterocycles. The fourth-order valence-corrected chi connectivity index (χ4v) is 3.82. The lowest BCUT2D eigenvalue weighted by atomic mass is 9.94. The summed E-state index contributed by atoms with van der Waals surface area (Å²) >= 11 is 4.11. The Balaban J connectivity index is 3.13. The van der Waals surface area contributed by atoms with E-state index < -0.39 is 28.8 Å². The Bertz CT molecular complexity index is 660. The molecule has 1 rings (SSSR count). The molecule has 0 spiro atoms. The summed E-state index contributed by atoms with van der Waals surface area (Å²) in [6.07, 6.45) is 2.57. The average Bonchev–Trinajstić information content (AvgIpc) is 2.55. The van der Waals surface area contributed by atoms with E-state index in [9.17, 15) is 29.7 Å². The smallest absolute Gasteiger partial charge is 0.349 e. The second-order valence-electron chi connectivity index (χ2n) is 4.77. The Morgan fingerprint density at radius 2 is 1.88 bits per heavy atom. The molecule has 136 valence electrons. The van der Waals surface area contributed by atoms with Crippen molar-refractivity contribution in [1.29, 1.82) is 0 Å². The van der Waals surface area contributed by atoms with E-state index in [-0.39, 0.29) is 12.4 Å². The third-order valence-corrected chi connectivity index (χ3v) is 5.15. The van der Waals surface area contributed by atoms with Gasteiger partial charge < -0.3 is 20.1 Å². The van der Waals surface area contributed by atoms with E-state index in [0.29, 0.717) is 10.0 Å². The monoisotopic (exact) mass is 432 g/mol. The van der Waals surface area contributed by atoms with Gasteiger partial charge in [0.1, 0.15) is 0 Å². The van der Waals surface area contributed by atoms with E-state index in [1.54, 1.807) is 25.1 Å². The molecule has 0 aliphatic carbocycles. The summed E-state index contributed by atoms with van der Waals surface area (Å²) in [5, 5.41) is 27.6. The van der Waals surface area contributed by atoms with Crippen LogP contribution >= 0.6 is 27.7 Å². The van der Waals surface area contributed by atoms with E-state index in [0.717, 1.165) is 17.8 Å². The minimum absolute atomic E-state index is 0.0910. The van der Waals surface area contributed by atoms with Crippen molar-refractivity contribution in [3.63, 3.8) is 0 Å². The number of halogens is 1. The van der Waals surface area contributed by atoms with Crippen molar-refractivity contribution in [3.05, 3.63) is 46.5 Å². The Morgan fingerprint density at radius 3 is 2.40 bits per heavy atom. The van der Waals surface area contributed by atoms with Crippen molar-refractivity contribution in [2.45, 2.75) is 17.8 Å². The molecule has 0 heterocycles. The van der Waals surface area contributed by atoms with Crippen molar-refractivity contribution in [2.24, 2.45) is 0 Å². The molecule has 9 heteroatoms. The van der Waals surface area contributed by atoms with E-state index in [4.69, 9.17) is 4.74 Å². The van der Waals surface area contributed by atoms with Crippen LogP contribution in [0, 0.1) is 0 Å². The number of hydrogen-bond donors (Lipinski definition) is 3. The molecule has 0 saturated carbocycles. The van der Waals surface area contributed by atoms with Crippen LogP contribution in [-0.2, 0) is 19.1 Å². The number of carboxylic acids is 2. The highest BCUT2D eigenvalue weighted by Crippen LogP contribution is 2.42. The minimum Gasteiger partial charge on any atom is -0.479 e. The highest BCUT2D eigenvalue weighted by molar-refractivity contribution is 9.10. The topological polar surface area (TPSA) is 121 Å². The number of thioether (sulfide) groups is 1. The lowest BCUT2D eigenvalue weighted by molar-refractivity contribution is -0.176. The van der Waals surface area contributed by atoms with Crippen LogP contribution in [0.1, 0.15) is 17.7 Å². The van der Waals surface area contributed by atoms with E-state index in [1.165, 1.54) is 12.1 Å². The van der Waals surface area contributed by atoms with Gasteiger partial charge in [0, 0.05) is 16.3 Å². The summed E-state index contributed by atoms with van der Waals surface area (Å²) in [7, 11) is 0. The number of esters is 1.